The Morgan fingerprint density at radius 3 is 2.61 bits per heavy atom. The summed E-state index contributed by atoms with van der Waals surface area (Å²) < 4.78 is 11.0. The van der Waals surface area contributed by atoms with E-state index in [1.54, 1.807) is 21.3 Å². The zero-order chi connectivity index (χ0) is 22.2. The summed E-state index contributed by atoms with van der Waals surface area (Å²) in [5, 5.41) is 6.90. The van der Waals surface area contributed by atoms with Crippen molar-refractivity contribution in [3.63, 3.8) is 0 Å². The second kappa shape index (κ2) is 11.0. The third kappa shape index (κ3) is 5.67. The van der Waals surface area contributed by atoms with Gasteiger partial charge in [0.1, 0.15) is 11.5 Å². The van der Waals surface area contributed by atoms with Crippen LogP contribution in [0, 0.1) is 13.8 Å². The molecule has 0 radical (unpaired) electrons. The minimum Gasteiger partial charge on any atom is -0.497 e. The number of aryl methyl sites for hydroxylation is 1. The number of aromatic nitrogens is 1. The summed E-state index contributed by atoms with van der Waals surface area (Å²) in [7, 11) is 5.20. The van der Waals surface area contributed by atoms with Crippen LogP contribution in [0.2, 0.25) is 0 Å². The van der Waals surface area contributed by atoms with Gasteiger partial charge in [-0.2, -0.15) is 0 Å². The van der Waals surface area contributed by atoms with E-state index in [0.29, 0.717) is 6.54 Å². The number of hydrogen-bond acceptors (Lipinski definition) is 5. The Morgan fingerprint density at radius 1 is 1.16 bits per heavy atom. The summed E-state index contributed by atoms with van der Waals surface area (Å²) in [4.78, 5) is 11.5. The first-order chi connectivity index (χ1) is 15.1. The highest BCUT2D eigenvalue weighted by atomic mass is 16.5. The molecule has 1 aliphatic rings. The van der Waals surface area contributed by atoms with Crippen molar-refractivity contribution in [2.24, 2.45) is 4.99 Å². The van der Waals surface area contributed by atoms with E-state index in [4.69, 9.17) is 9.47 Å². The second-order valence-corrected chi connectivity index (χ2v) is 7.89. The van der Waals surface area contributed by atoms with Gasteiger partial charge in [-0.15, -0.1) is 0 Å². The standard InChI is InChI=1S/C24H35N5O2/c1-17-14-26-21(18(2)23(17)31-5)15-27-24(25-3)28-16-22(29-11-6-7-12-29)19-9-8-10-20(13-19)30-4/h8-10,13-14,22H,6-7,11-12,15-16H2,1-5H3,(H2,25,27,28). The lowest BCUT2D eigenvalue weighted by Crippen LogP contribution is -2.42. The van der Waals surface area contributed by atoms with Crippen molar-refractivity contribution in [1.29, 1.82) is 0 Å². The summed E-state index contributed by atoms with van der Waals surface area (Å²) in [5.41, 5.74) is 4.30. The van der Waals surface area contributed by atoms with Gasteiger partial charge >= 0.3 is 0 Å². The van der Waals surface area contributed by atoms with Gasteiger partial charge in [0.05, 0.1) is 32.5 Å². The minimum atomic E-state index is 0.260. The molecule has 168 valence electrons. The van der Waals surface area contributed by atoms with E-state index in [1.165, 1.54) is 18.4 Å². The normalized spacial score (nSPS) is 15.6. The topological polar surface area (TPSA) is 71.0 Å². The van der Waals surface area contributed by atoms with Gasteiger partial charge in [-0.1, -0.05) is 12.1 Å². The molecule has 1 aliphatic heterocycles. The van der Waals surface area contributed by atoms with Crippen LogP contribution in [0.4, 0.5) is 0 Å². The quantitative estimate of drug-likeness (QED) is 0.500. The number of hydrogen-bond donors (Lipinski definition) is 2. The van der Waals surface area contributed by atoms with Crippen LogP contribution in [0.3, 0.4) is 0 Å². The van der Waals surface area contributed by atoms with Gasteiger partial charge < -0.3 is 20.1 Å². The van der Waals surface area contributed by atoms with Crippen LogP contribution in [0.5, 0.6) is 11.5 Å². The number of aliphatic imine (C=N–C) groups is 1. The third-order valence-electron chi connectivity index (χ3n) is 5.92. The van der Waals surface area contributed by atoms with Crippen LogP contribution in [-0.2, 0) is 6.54 Å². The van der Waals surface area contributed by atoms with Crippen LogP contribution in [0.15, 0.2) is 35.5 Å². The molecule has 1 aromatic carbocycles. The molecular weight excluding hydrogens is 390 g/mol. The largest absolute Gasteiger partial charge is 0.497 e. The second-order valence-electron chi connectivity index (χ2n) is 7.89. The van der Waals surface area contributed by atoms with Crippen LogP contribution in [0.25, 0.3) is 0 Å². The molecule has 1 fully saturated rings. The summed E-state index contributed by atoms with van der Waals surface area (Å²) in [6.07, 6.45) is 4.34. The average Bonchev–Trinajstić information content (AvgIpc) is 3.32. The van der Waals surface area contributed by atoms with Gasteiger partial charge in [0, 0.05) is 30.9 Å². The molecule has 0 spiro atoms. The van der Waals surface area contributed by atoms with Gasteiger partial charge in [0.15, 0.2) is 5.96 Å². The molecule has 2 N–H and O–H groups in total. The summed E-state index contributed by atoms with van der Waals surface area (Å²) in [5.74, 6) is 2.54. The average molecular weight is 426 g/mol. The van der Waals surface area contributed by atoms with Gasteiger partial charge in [-0.25, -0.2) is 0 Å². The fraction of sp³-hybridized carbons (Fsp3) is 0.500. The summed E-state index contributed by atoms with van der Waals surface area (Å²) in [6.45, 7) is 7.61. The fourth-order valence-electron chi connectivity index (χ4n) is 4.19. The van der Waals surface area contributed by atoms with E-state index in [1.807, 2.05) is 26.1 Å². The monoisotopic (exact) mass is 425 g/mol. The maximum atomic E-state index is 5.52. The molecule has 0 aliphatic carbocycles. The molecule has 0 amide bonds. The molecule has 7 nitrogen and oxygen atoms in total. The van der Waals surface area contributed by atoms with Crippen molar-refractivity contribution in [3.8, 4) is 11.5 Å². The maximum absolute atomic E-state index is 5.52. The predicted octanol–water partition coefficient (Wildman–Crippen LogP) is 3.22. The van der Waals surface area contributed by atoms with Gasteiger partial charge in [0.25, 0.3) is 0 Å². The molecule has 2 aromatic rings. The molecule has 1 saturated heterocycles. The first-order valence-electron chi connectivity index (χ1n) is 10.9. The van der Waals surface area contributed by atoms with Crippen LogP contribution in [-0.4, -0.2) is 56.7 Å². The Labute approximate surface area is 185 Å². The lowest BCUT2D eigenvalue weighted by atomic mass is 10.1. The van der Waals surface area contributed by atoms with Crippen LogP contribution < -0.4 is 20.1 Å². The number of guanidine groups is 1. The van der Waals surface area contributed by atoms with Crippen molar-refractivity contribution < 1.29 is 9.47 Å². The molecule has 0 saturated carbocycles. The van der Waals surface area contributed by atoms with E-state index < -0.39 is 0 Å². The number of pyridine rings is 1. The van der Waals surface area contributed by atoms with Gasteiger partial charge in [0.2, 0.25) is 0 Å². The molecule has 31 heavy (non-hydrogen) atoms. The number of rotatable bonds is 8. The molecule has 1 unspecified atom stereocenters. The molecule has 3 rings (SSSR count). The smallest absolute Gasteiger partial charge is 0.191 e. The first-order valence-corrected chi connectivity index (χ1v) is 10.9. The highest BCUT2D eigenvalue weighted by Gasteiger charge is 2.24. The maximum Gasteiger partial charge on any atom is 0.191 e. The van der Waals surface area contributed by atoms with E-state index in [9.17, 15) is 0 Å². The molecule has 0 bridgehead atoms. The van der Waals surface area contributed by atoms with Crippen molar-refractivity contribution >= 4 is 5.96 Å². The lowest BCUT2D eigenvalue weighted by molar-refractivity contribution is 0.245. The number of methoxy groups -OCH3 is 2. The Kier molecular flexibility index (Phi) is 8.12. The molecule has 1 aromatic heterocycles. The number of likely N-dealkylation sites (tertiary alicyclic amines) is 1. The number of nitrogens with one attached hydrogen (secondary N) is 2. The van der Waals surface area contributed by atoms with E-state index >= 15 is 0 Å². The highest BCUT2D eigenvalue weighted by molar-refractivity contribution is 5.79. The summed E-state index contributed by atoms with van der Waals surface area (Å²) >= 11 is 0. The molecule has 1 atom stereocenters. The molecule has 7 heteroatoms. The minimum absolute atomic E-state index is 0.260. The zero-order valence-electron chi connectivity index (χ0n) is 19.4. The van der Waals surface area contributed by atoms with Gasteiger partial charge in [-0.05, 0) is 57.5 Å². The predicted molar refractivity (Wildman–Crippen MR) is 125 cm³/mol. The third-order valence-corrected chi connectivity index (χ3v) is 5.92. The molecular formula is C24H35N5O2. The van der Waals surface area contributed by atoms with Crippen LogP contribution >= 0.6 is 0 Å². The number of ether oxygens (including phenoxy) is 2. The number of benzene rings is 1. The van der Waals surface area contributed by atoms with E-state index in [-0.39, 0.29) is 6.04 Å². The van der Waals surface area contributed by atoms with Crippen molar-refractivity contribution in [2.75, 3.05) is 40.9 Å². The Morgan fingerprint density at radius 2 is 1.94 bits per heavy atom. The SMILES string of the molecule is CN=C(NCc1ncc(C)c(OC)c1C)NCC(c1cccc(OC)c1)N1CCCC1. The Hall–Kier alpha value is -2.80. The highest BCUT2D eigenvalue weighted by Crippen LogP contribution is 2.27. The van der Waals surface area contributed by atoms with Crippen molar-refractivity contribution in [1.82, 2.24) is 20.5 Å². The number of nitrogens with zero attached hydrogens (tertiary/aromatic N) is 3. The zero-order valence-corrected chi connectivity index (χ0v) is 19.4. The van der Waals surface area contributed by atoms with Crippen LogP contribution in [0.1, 0.15) is 41.3 Å². The Bertz CT molecular complexity index is 894. The van der Waals surface area contributed by atoms with Crippen molar-refractivity contribution in [3.05, 3.63) is 52.8 Å². The van der Waals surface area contributed by atoms with Gasteiger partial charge in [-0.3, -0.25) is 14.9 Å². The Balaban J connectivity index is 1.67. The van der Waals surface area contributed by atoms with Crippen molar-refractivity contribution in [2.45, 2.75) is 39.3 Å². The lowest BCUT2D eigenvalue weighted by Gasteiger charge is -2.29. The summed E-state index contributed by atoms with van der Waals surface area (Å²) in [6, 6.07) is 8.62. The first kappa shape index (κ1) is 22.9. The fourth-order valence-corrected chi connectivity index (χ4v) is 4.19. The van der Waals surface area contributed by atoms with E-state index in [0.717, 1.165) is 53.9 Å². The van der Waals surface area contributed by atoms with E-state index in [2.05, 4.69) is 43.7 Å². The molecule has 2 heterocycles.